The minimum atomic E-state index is -0.214. The minimum absolute atomic E-state index is 0.211. The average molecular weight is 294 g/mol. The third-order valence-electron chi connectivity index (χ3n) is 2.49. The standard InChI is InChI=1S/C13H18O2.C4H8O2/c1-4-15-13(14)12-8-6-5-7-11(12)9-10(2)3;1-3-6-4(2)5/h5-8,10H,4,9H2,1-3H3;3H2,1-2H3. The fourth-order valence-corrected chi connectivity index (χ4v) is 1.75. The van der Waals surface area contributed by atoms with Crippen LogP contribution in [0, 0.1) is 5.92 Å². The maximum atomic E-state index is 11.6. The van der Waals surface area contributed by atoms with Gasteiger partial charge in [0.25, 0.3) is 0 Å². The fourth-order valence-electron chi connectivity index (χ4n) is 1.75. The maximum absolute atomic E-state index is 11.6. The molecule has 0 aliphatic rings. The Balaban J connectivity index is 0.000000567. The van der Waals surface area contributed by atoms with Crippen LogP contribution in [0.1, 0.15) is 50.5 Å². The molecular formula is C17H26O4. The second-order valence-corrected chi connectivity index (χ2v) is 4.90. The van der Waals surface area contributed by atoms with Crippen molar-refractivity contribution in [2.24, 2.45) is 5.92 Å². The van der Waals surface area contributed by atoms with Gasteiger partial charge in [0.05, 0.1) is 18.8 Å². The lowest BCUT2D eigenvalue weighted by Gasteiger charge is -2.10. The van der Waals surface area contributed by atoms with Gasteiger partial charge in [-0.25, -0.2) is 4.79 Å². The number of esters is 2. The van der Waals surface area contributed by atoms with Crippen LogP contribution in [-0.2, 0) is 20.7 Å². The van der Waals surface area contributed by atoms with E-state index in [1.54, 1.807) is 6.92 Å². The molecule has 0 spiro atoms. The molecule has 0 amide bonds. The van der Waals surface area contributed by atoms with Gasteiger partial charge < -0.3 is 9.47 Å². The first kappa shape index (κ1) is 19.2. The number of carbonyl (C=O) groups excluding carboxylic acids is 2. The highest BCUT2D eigenvalue weighted by Gasteiger charge is 2.12. The largest absolute Gasteiger partial charge is 0.466 e. The first-order chi connectivity index (χ1) is 9.92. The predicted octanol–water partition coefficient (Wildman–Crippen LogP) is 3.63. The molecule has 0 bridgehead atoms. The highest BCUT2D eigenvalue weighted by atomic mass is 16.5. The summed E-state index contributed by atoms with van der Waals surface area (Å²) in [6.45, 7) is 10.2. The monoisotopic (exact) mass is 294 g/mol. The van der Waals surface area contributed by atoms with Crippen molar-refractivity contribution < 1.29 is 19.1 Å². The van der Waals surface area contributed by atoms with E-state index in [4.69, 9.17) is 4.74 Å². The number of hydrogen-bond donors (Lipinski definition) is 0. The molecule has 0 atom stereocenters. The summed E-state index contributed by atoms with van der Waals surface area (Å²) in [7, 11) is 0. The molecule has 0 unspecified atom stereocenters. The van der Waals surface area contributed by atoms with Crippen LogP contribution in [0.2, 0.25) is 0 Å². The van der Waals surface area contributed by atoms with Gasteiger partial charge >= 0.3 is 11.9 Å². The van der Waals surface area contributed by atoms with Crippen molar-refractivity contribution in [3.05, 3.63) is 35.4 Å². The van der Waals surface area contributed by atoms with Crippen LogP contribution in [0.4, 0.5) is 0 Å². The molecule has 0 N–H and O–H groups in total. The van der Waals surface area contributed by atoms with Gasteiger partial charge in [-0.3, -0.25) is 4.79 Å². The minimum Gasteiger partial charge on any atom is -0.466 e. The third kappa shape index (κ3) is 8.84. The van der Waals surface area contributed by atoms with E-state index in [1.807, 2.05) is 31.2 Å². The van der Waals surface area contributed by atoms with Gasteiger partial charge in [0, 0.05) is 6.92 Å². The van der Waals surface area contributed by atoms with Crippen molar-refractivity contribution in [1.29, 1.82) is 0 Å². The van der Waals surface area contributed by atoms with Crippen LogP contribution in [0.5, 0.6) is 0 Å². The van der Waals surface area contributed by atoms with E-state index < -0.39 is 0 Å². The Morgan fingerprint density at radius 2 is 1.62 bits per heavy atom. The number of hydrogen-bond acceptors (Lipinski definition) is 4. The molecule has 1 aromatic carbocycles. The van der Waals surface area contributed by atoms with E-state index in [-0.39, 0.29) is 11.9 Å². The lowest BCUT2D eigenvalue weighted by atomic mass is 9.98. The quantitative estimate of drug-likeness (QED) is 0.778. The average Bonchev–Trinajstić information content (AvgIpc) is 2.39. The van der Waals surface area contributed by atoms with Crippen LogP contribution in [-0.4, -0.2) is 25.2 Å². The summed E-state index contributed by atoms with van der Waals surface area (Å²) in [5.74, 6) is 0.117. The zero-order valence-electron chi connectivity index (χ0n) is 13.6. The van der Waals surface area contributed by atoms with E-state index in [0.717, 1.165) is 12.0 Å². The van der Waals surface area contributed by atoms with Crippen molar-refractivity contribution in [1.82, 2.24) is 0 Å². The lowest BCUT2D eigenvalue weighted by molar-refractivity contribution is -0.140. The Morgan fingerprint density at radius 3 is 2.05 bits per heavy atom. The summed E-state index contributed by atoms with van der Waals surface area (Å²) in [5, 5.41) is 0. The molecule has 1 aromatic rings. The first-order valence-electron chi connectivity index (χ1n) is 7.30. The van der Waals surface area contributed by atoms with Gasteiger partial charge in [-0.05, 0) is 37.8 Å². The zero-order chi connectivity index (χ0) is 16.3. The number of ether oxygens (including phenoxy) is 2. The van der Waals surface area contributed by atoms with E-state index in [9.17, 15) is 9.59 Å². The Hall–Kier alpha value is -1.84. The van der Waals surface area contributed by atoms with Gasteiger partial charge in [0.15, 0.2) is 0 Å². The van der Waals surface area contributed by atoms with Crippen LogP contribution < -0.4 is 0 Å². The van der Waals surface area contributed by atoms with Gasteiger partial charge in [-0.15, -0.1) is 0 Å². The molecule has 0 saturated heterocycles. The van der Waals surface area contributed by atoms with Crippen molar-refractivity contribution >= 4 is 11.9 Å². The molecule has 0 fully saturated rings. The van der Waals surface area contributed by atoms with Crippen molar-refractivity contribution in [2.75, 3.05) is 13.2 Å². The predicted molar refractivity (Wildman–Crippen MR) is 83.2 cm³/mol. The Kier molecular flexibility index (Phi) is 9.94. The van der Waals surface area contributed by atoms with Gasteiger partial charge in [0.2, 0.25) is 0 Å². The molecule has 0 aliphatic carbocycles. The van der Waals surface area contributed by atoms with Crippen molar-refractivity contribution in [2.45, 2.75) is 41.0 Å². The third-order valence-corrected chi connectivity index (χ3v) is 2.49. The summed E-state index contributed by atoms with van der Waals surface area (Å²) < 4.78 is 9.41. The fraction of sp³-hybridized carbons (Fsp3) is 0.529. The summed E-state index contributed by atoms with van der Waals surface area (Å²) in [4.78, 5) is 21.4. The highest BCUT2D eigenvalue weighted by Crippen LogP contribution is 2.14. The molecule has 0 saturated carbocycles. The SMILES string of the molecule is CCOC(=O)c1ccccc1CC(C)C.CCOC(C)=O. The summed E-state index contributed by atoms with van der Waals surface area (Å²) in [6, 6.07) is 7.65. The molecule has 4 nitrogen and oxygen atoms in total. The molecule has 0 aliphatic heterocycles. The summed E-state index contributed by atoms with van der Waals surface area (Å²) in [5.41, 5.74) is 1.78. The lowest BCUT2D eigenvalue weighted by Crippen LogP contribution is -2.09. The van der Waals surface area contributed by atoms with Crippen molar-refractivity contribution in [3.8, 4) is 0 Å². The number of carbonyl (C=O) groups is 2. The van der Waals surface area contributed by atoms with E-state index in [1.165, 1.54) is 6.92 Å². The molecule has 1 rings (SSSR count). The van der Waals surface area contributed by atoms with Crippen LogP contribution >= 0.6 is 0 Å². The van der Waals surface area contributed by atoms with Gasteiger partial charge in [-0.1, -0.05) is 32.0 Å². The molecule has 118 valence electrons. The smallest absolute Gasteiger partial charge is 0.338 e. The molecule has 0 radical (unpaired) electrons. The molecule has 4 heteroatoms. The number of rotatable bonds is 5. The second kappa shape index (κ2) is 10.9. The van der Waals surface area contributed by atoms with E-state index >= 15 is 0 Å². The summed E-state index contributed by atoms with van der Waals surface area (Å²) >= 11 is 0. The summed E-state index contributed by atoms with van der Waals surface area (Å²) in [6.07, 6.45) is 0.912. The zero-order valence-corrected chi connectivity index (χ0v) is 13.6. The molecule has 0 aromatic heterocycles. The van der Waals surface area contributed by atoms with Crippen molar-refractivity contribution in [3.63, 3.8) is 0 Å². The molecule has 21 heavy (non-hydrogen) atoms. The van der Waals surface area contributed by atoms with Gasteiger partial charge in [0.1, 0.15) is 0 Å². The highest BCUT2D eigenvalue weighted by molar-refractivity contribution is 5.91. The molecule has 0 heterocycles. The second-order valence-electron chi connectivity index (χ2n) is 4.90. The van der Waals surface area contributed by atoms with E-state index in [2.05, 4.69) is 18.6 Å². The Labute approximate surface area is 127 Å². The van der Waals surface area contributed by atoms with Crippen LogP contribution in [0.15, 0.2) is 24.3 Å². The topological polar surface area (TPSA) is 52.6 Å². The van der Waals surface area contributed by atoms with Crippen LogP contribution in [0.3, 0.4) is 0 Å². The van der Waals surface area contributed by atoms with E-state index in [0.29, 0.717) is 24.7 Å². The normalized spacial score (nSPS) is 9.62. The first-order valence-corrected chi connectivity index (χ1v) is 7.30. The van der Waals surface area contributed by atoms with Crippen LogP contribution in [0.25, 0.3) is 0 Å². The molecular weight excluding hydrogens is 268 g/mol. The number of benzene rings is 1. The van der Waals surface area contributed by atoms with Gasteiger partial charge in [-0.2, -0.15) is 0 Å². The Bertz CT molecular complexity index is 438. The maximum Gasteiger partial charge on any atom is 0.338 e. The Morgan fingerprint density at radius 1 is 1.05 bits per heavy atom.